The van der Waals surface area contributed by atoms with Gasteiger partial charge in [-0.15, -0.1) is 0 Å². The zero-order valence-corrected chi connectivity index (χ0v) is 13.7. The highest BCUT2D eigenvalue weighted by Gasteiger charge is 2.31. The van der Waals surface area contributed by atoms with Gasteiger partial charge in [-0.25, -0.2) is 4.98 Å². The van der Waals surface area contributed by atoms with Crippen LogP contribution in [-0.2, 0) is 12.7 Å². The summed E-state index contributed by atoms with van der Waals surface area (Å²) in [6, 6.07) is 3.16. The topological polar surface area (TPSA) is 59.8 Å². The number of hydrogen-bond donors (Lipinski definition) is 1. The second kappa shape index (κ2) is 7.02. The summed E-state index contributed by atoms with van der Waals surface area (Å²) < 4.78 is 40.0. The highest BCUT2D eigenvalue weighted by atomic mass is 19.4. The Balaban J connectivity index is 1.94. The van der Waals surface area contributed by atoms with Crippen LogP contribution in [0.4, 0.5) is 13.2 Å². The molecule has 130 valence electrons. The van der Waals surface area contributed by atoms with Crippen LogP contribution >= 0.6 is 0 Å². The van der Waals surface area contributed by atoms with Crippen LogP contribution in [0.15, 0.2) is 18.2 Å². The van der Waals surface area contributed by atoms with E-state index in [1.165, 1.54) is 6.07 Å². The van der Waals surface area contributed by atoms with E-state index in [4.69, 9.17) is 0 Å². The molecule has 0 bridgehead atoms. The van der Waals surface area contributed by atoms with E-state index < -0.39 is 17.6 Å². The maximum absolute atomic E-state index is 12.7. The molecular formula is C16H19F3N4O. The molecular weight excluding hydrogens is 321 g/mol. The molecule has 0 radical (unpaired) electrons. The number of carbonyl (C=O) groups excluding carboxylic acids is 1. The Bertz CT molecular complexity index is 737. The summed E-state index contributed by atoms with van der Waals surface area (Å²) in [6.45, 7) is 6.16. The van der Waals surface area contributed by atoms with E-state index in [-0.39, 0.29) is 5.56 Å². The van der Waals surface area contributed by atoms with Crippen LogP contribution in [-0.4, -0.2) is 27.2 Å². The van der Waals surface area contributed by atoms with Crippen LogP contribution < -0.4 is 5.32 Å². The molecule has 1 heterocycles. The van der Waals surface area contributed by atoms with Crippen LogP contribution in [0.3, 0.4) is 0 Å². The SMILES string of the molecule is Cc1nc(C)n(CCCNC(=O)c2cc(C(F)(F)F)ccc2C)n1. The molecule has 2 aromatic rings. The molecule has 0 aliphatic heterocycles. The number of benzene rings is 1. The number of alkyl halides is 3. The lowest BCUT2D eigenvalue weighted by Gasteiger charge is -2.12. The normalized spacial score (nSPS) is 11.6. The summed E-state index contributed by atoms with van der Waals surface area (Å²) in [4.78, 5) is 16.3. The number of halogens is 3. The summed E-state index contributed by atoms with van der Waals surface area (Å²) >= 11 is 0. The van der Waals surface area contributed by atoms with Gasteiger partial charge in [0, 0.05) is 18.7 Å². The maximum atomic E-state index is 12.7. The molecule has 0 saturated carbocycles. The highest BCUT2D eigenvalue weighted by Crippen LogP contribution is 2.30. The molecule has 0 atom stereocenters. The Morgan fingerprint density at radius 2 is 1.96 bits per heavy atom. The fourth-order valence-corrected chi connectivity index (χ4v) is 2.34. The van der Waals surface area contributed by atoms with Gasteiger partial charge in [0.2, 0.25) is 0 Å². The Labute approximate surface area is 137 Å². The van der Waals surface area contributed by atoms with Gasteiger partial charge in [0.05, 0.1) is 5.56 Å². The summed E-state index contributed by atoms with van der Waals surface area (Å²) in [5.74, 6) is 0.953. The molecule has 5 nitrogen and oxygen atoms in total. The molecule has 0 fully saturated rings. The molecule has 0 aliphatic rings. The summed E-state index contributed by atoms with van der Waals surface area (Å²) in [7, 11) is 0. The van der Waals surface area contributed by atoms with Gasteiger partial charge < -0.3 is 5.32 Å². The van der Waals surface area contributed by atoms with Crippen LogP contribution in [0, 0.1) is 20.8 Å². The first-order chi connectivity index (χ1) is 11.2. The lowest BCUT2D eigenvalue weighted by atomic mass is 10.0. The van der Waals surface area contributed by atoms with E-state index in [0.717, 1.165) is 18.0 Å². The first-order valence-electron chi connectivity index (χ1n) is 7.52. The molecule has 1 amide bonds. The van der Waals surface area contributed by atoms with Gasteiger partial charge in [0.15, 0.2) is 0 Å². The number of hydrogen-bond acceptors (Lipinski definition) is 3. The summed E-state index contributed by atoms with van der Waals surface area (Å²) in [5.41, 5.74) is -0.284. The predicted octanol–water partition coefficient (Wildman–Crippen LogP) is 3.04. The fraction of sp³-hybridized carbons (Fsp3) is 0.438. The Morgan fingerprint density at radius 1 is 1.25 bits per heavy atom. The van der Waals surface area contributed by atoms with E-state index >= 15 is 0 Å². The fourth-order valence-electron chi connectivity index (χ4n) is 2.34. The Morgan fingerprint density at radius 3 is 2.54 bits per heavy atom. The lowest BCUT2D eigenvalue weighted by molar-refractivity contribution is -0.137. The number of rotatable bonds is 5. The smallest absolute Gasteiger partial charge is 0.352 e. The monoisotopic (exact) mass is 340 g/mol. The summed E-state index contributed by atoms with van der Waals surface area (Å²) in [5, 5.41) is 6.85. The minimum Gasteiger partial charge on any atom is -0.352 e. The van der Waals surface area contributed by atoms with E-state index in [9.17, 15) is 18.0 Å². The molecule has 0 aliphatic carbocycles. The van der Waals surface area contributed by atoms with E-state index in [0.29, 0.717) is 30.9 Å². The van der Waals surface area contributed by atoms with Gasteiger partial charge in [-0.2, -0.15) is 18.3 Å². The first-order valence-corrected chi connectivity index (χ1v) is 7.52. The van der Waals surface area contributed by atoms with Gasteiger partial charge in [-0.1, -0.05) is 6.07 Å². The van der Waals surface area contributed by atoms with Crippen LogP contribution in [0.25, 0.3) is 0 Å². The van der Waals surface area contributed by atoms with Crippen molar-refractivity contribution in [3.63, 3.8) is 0 Å². The van der Waals surface area contributed by atoms with E-state index in [2.05, 4.69) is 15.4 Å². The van der Waals surface area contributed by atoms with Gasteiger partial charge in [0.1, 0.15) is 11.6 Å². The molecule has 1 N–H and O–H groups in total. The summed E-state index contributed by atoms with van der Waals surface area (Å²) in [6.07, 6.45) is -3.86. The van der Waals surface area contributed by atoms with Crippen molar-refractivity contribution < 1.29 is 18.0 Å². The largest absolute Gasteiger partial charge is 0.416 e. The third kappa shape index (κ3) is 4.33. The van der Waals surface area contributed by atoms with Crippen molar-refractivity contribution in [2.24, 2.45) is 0 Å². The van der Waals surface area contributed by atoms with Crippen molar-refractivity contribution in [1.29, 1.82) is 0 Å². The third-order valence-corrected chi connectivity index (χ3v) is 3.60. The van der Waals surface area contributed by atoms with Crippen molar-refractivity contribution >= 4 is 5.91 Å². The average Bonchev–Trinajstić information content (AvgIpc) is 2.80. The van der Waals surface area contributed by atoms with Crippen LogP contribution in [0.1, 0.15) is 39.6 Å². The van der Waals surface area contributed by atoms with Crippen molar-refractivity contribution in [2.45, 2.75) is 39.9 Å². The molecule has 1 aromatic heterocycles. The molecule has 2 rings (SSSR count). The second-order valence-corrected chi connectivity index (χ2v) is 5.57. The van der Waals surface area contributed by atoms with Crippen LogP contribution in [0.5, 0.6) is 0 Å². The number of carbonyl (C=O) groups is 1. The molecule has 24 heavy (non-hydrogen) atoms. The van der Waals surface area contributed by atoms with E-state index in [1.54, 1.807) is 18.5 Å². The Kier molecular flexibility index (Phi) is 5.26. The standard InChI is InChI=1S/C16H19F3N4O/c1-10-5-6-13(16(17,18)19)9-14(10)15(24)20-7-4-8-23-12(3)21-11(2)22-23/h5-6,9H,4,7-8H2,1-3H3,(H,20,24). The second-order valence-electron chi connectivity index (χ2n) is 5.57. The first kappa shape index (κ1) is 18.0. The minimum absolute atomic E-state index is 0.0394. The van der Waals surface area contributed by atoms with Crippen molar-refractivity contribution in [1.82, 2.24) is 20.1 Å². The number of aromatic nitrogens is 3. The zero-order chi connectivity index (χ0) is 17.9. The van der Waals surface area contributed by atoms with Gasteiger partial charge in [0.25, 0.3) is 5.91 Å². The van der Waals surface area contributed by atoms with Crippen molar-refractivity contribution in [2.75, 3.05) is 6.54 Å². The highest BCUT2D eigenvalue weighted by molar-refractivity contribution is 5.95. The van der Waals surface area contributed by atoms with Gasteiger partial charge in [-0.05, 0) is 44.9 Å². The number of amides is 1. The maximum Gasteiger partial charge on any atom is 0.416 e. The molecule has 8 heteroatoms. The zero-order valence-electron chi connectivity index (χ0n) is 13.7. The van der Waals surface area contributed by atoms with Gasteiger partial charge in [-0.3, -0.25) is 9.48 Å². The van der Waals surface area contributed by atoms with Crippen molar-refractivity contribution in [3.8, 4) is 0 Å². The molecule has 0 saturated heterocycles. The number of nitrogens with one attached hydrogen (secondary N) is 1. The molecule has 1 aromatic carbocycles. The van der Waals surface area contributed by atoms with Crippen molar-refractivity contribution in [3.05, 3.63) is 46.5 Å². The van der Waals surface area contributed by atoms with Crippen LogP contribution in [0.2, 0.25) is 0 Å². The average molecular weight is 340 g/mol. The quantitative estimate of drug-likeness (QED) is 0.851. The third-order valence-electron chi connectivity index (χ3n) is 3.60. The predicted molar refractivity (Wildman–Crippen MR) is 82.6 cm³/mol. The number of aryl methyl sites for hydroxylation is 4. The number of nitrogens with zero attached hydrogens (tertiary/aromatic N) is 3. The lowest BCUT2D eigenvalue weighted by Crippen LogP contribution is -2.26. The van der Waals surface area contributed by atoms with Gasteiger partial charge >= 0.3 is 6.18 Å². The molecule has 0 unspecified atom stereocenters. The van der Waals surface area contributed by atoms with E-state index in [1.807, 2.05) is 6.92 Å². The molecule has 0 spiro atoms. The minimum atomic E-state index is -4.47. The Hall–Kier alpha value is -2.38.